The number of fused-ring (bicyclic) bond motifs is 3. The summed E-state index contributed by atoms with van der Waals surface area (Å²) in [6.45, 7) is 4.23. The molecule has 0 aromatic heterocycles. The van der Waals surface area contributed by atoms with Crippen molar-refractivity contribution in [2.75, 3.05) is 0 Å². The first-order chi connectivity index (χ1) is 15.7. The maximum atomic E-state index is 13.0. The minimum Gasteiger partial charge on any atom is -0.394 e. The van der Waals surface area contributed by atoms with Crippen LogP contribution in [0.25, 0.3) is 32.3 Å². The van der Waals surface area contributed by atoms with Crippen LogP contribution in [0, 0.1) is 0 Å². The van der Waals surface area contributed by atoms with Crippen LogP contribution in [0.1, 0.15) is 25.0 Å². The average Bonchev–Trinajstić information content (AvgIpc) is 2.83. The predicted molar refractivity (Wildman–Crippen MR) is 131 cm³/mol. The van der Waals surface area contributed by atoms with Crippen molar-refractivity contribution < 1.29 is 14.3 Å². The van der Waals surface area contributed by atoms with Gasteiger partial charge in [-0.3, -0.25) is 0 Å². The van der Waals surface area contributed by atoms with Crippen LogP contribution in [-0.4, -0.2) is 6.16 Å². The maximum Gasteiger partial charge on any atom is 0.519 e. The largest absolute Gasteiger partial charge is 0.519 e. The van der Waals surface area contributed by atoms with Crippen LogP contribution < -0.4 is 9.47 Å². The highest BCUT2D eigenvalue weighted by molar-refractivity contribution is 6.08. The summed E-state index contributed by atoms with van der Waals surface area (Å²) in [6.07, 6.45) is 1.01. The van der Waals surface area contributed by atoms with Gasteiger partial charge in [0.2, 0.25) is 0 Å². The van der Waals surface area contributed by atoms with Crippen molar-refractivity contribution >= 4 is 38.5 Å². The van der Waals surface area contributed by atoms with Crippen molar-refractivity contribution in [2.45, 2.75) is 26.7 Å². The van der Waals surface area contributed by atoms with Crippen LogP contribution >= 0.6 is 0 Å². The molecule has 0 saturated heterocycles. The predicted octanol–water partition coefficient (Wildman–Crippen LogP) is 7.85. The molecule has 3 nitrogen and oxygen atoms in total. The molecule has 0 N–H and O–H groups in total. The van der Waals surface area contributed by atoms with Gasteiger partial charge in [0.1, 0.15) is 11.5 Å². The summed E-state index contributed by atoms with van der Waals surface area (Å²) in [7, 11) is 0. The smallest absolute Gasteiger partial charge is 0.394 e. The zero-order valence-electron chi connectivity index (χ0n) is 18.2. The number of carbonyl (C=O) groups excluding carboxylic acids is 1. The molecule has 5 aromatic rings. The minimum absolute atomic E-state index is 0.489. The summed E-state index contributed by atoms with van der Waals surface area (Å²) in [5.74, 6) is 1.05. The number of aryl methyl sites for hydroxylation is 2. The molecule has 0 atom stereocenters. The van der Waals surface area contributed by atoms with E-state index in [1.165, 1.54) is 5.56 Å². The molecular formula is C29H24O3. The molecule has 0 saturated carbocycles. The lowest BCUT2D eigenvalue weighted by molar-refractivity contribution is 0.153. The van der Waals surface area contributed by atoms with Crippen LogP contribution in [0.15, 0.2) is 84.9 Å². The lowest BCUT2D eigenvalue weighted by Crippen LogP contribution is -2.14. The Balaban J connectivity index is 1.63. The first-order valence-corrected chi connectivity index (χ1v) is 11.0. The summed E-state index contributed by atoms with van der Waals surface area (Å²) in [5.41, 5.74) is 2.33. The summed E-state index contributed by atoms with van der Waals surface area (Å²) in [5, 5.41) is 5.86. The monoisotopic (exact) mass is 420 g/mol. The first-order valence-electron chi connectivity index (χ1n) is 11.0. The highest BCUT2D eigenvalue weighted by Gasteiger charge is 2.18. The fourth-order valence-corrected chi connectivity index (χ4v) is 4.34. The Hall–Kier alpha value is -3.85. The van der Waals surface area contributed by atoms with E-state index >= 15 is 0 Å². The summed E-state index contributed by atoms with van der Waals surface area (Å²) < 4.78 is 11.7. The molecule has 32 heavy (non-hydrogen) atoms. The highest BCUT2D eigenvalue weighted by atomic mass is 16.7. The molecule has 0 aliphatic rings. The van der Waals surface area contributed by atoms with Gasteiger partial charge in [0.25, 0.3) is 0 Å². The van der Waals surface area contributed by atoms with Crippen molar-refractivity contribution in [3.8, 4) is 11.5 Å². The van der Waals surface area contributed by atoms with Gasteiger partial charge < -0.3 is 9.47 Å². The van der Waals surface area contributed by atoms with Gasteiger partial charge in [-0.1, -0.05) is 80.6 Å². The van der Waals surface area contributed by atoms with E-state index in [1.807, 2.05) is 42.5 Å². The molecule has 0 bridgehead atoms. The molecule has 5 rings (SSSR count). The average molecular weight is 421 g/mol. The number of hydrogen-bond acceptors (Lipinski definition) is 3. The standard InChI is InChI=1S/C29H24O3/c1-3-19-15-16-22-18-23-12-7-10-20(4-2)27(23)28(25(22)17-19)32-29(30)31-26-14-8-11-21-9-5-6-13-24(21)26/h5-18H,3-4H2,1-2H3. The molecular weight excluding hydrogens is 396 g/mol. The van der Waals surface area contributed by atoms with Crippen molar-refractivity contribution in [3.63, 3.8) is 0 Å². The summed E-state index contributed by atoms with van der Waals surface area (Å²) in [6, 6.07) is 28.2. The molecule has 158 valence electrons. The van der Waals surface area contributed by atoms with Crippen LogP contribution in [0.3, 0.4) is 0 Å². The molecule has 3 heteroatoms. The Kier molecular flexibility index (Phi) is 5.24. The number of rotatable bonds is 4. The second-order valence-corrected chi connectivity index (χ2v) is 7.91. The lowest BCUT2D eigenvalue weighted by atomic mass is 9.96. The fraction of sp³-hybridized carbons (Fsp3) is 0.138. The van der Waals surface area contributed by atoms with Gasteiger partial charge in [0.05, 0.1) is 0 Å². The Labute approximate surface area is 187 Å². The van der Waals surface area contributed by atoms with E-state index in [0.717, 1.165) is 50.7 Å². The third-order valence-corrected chi connectivity index (χ3v) is 6.00. The molecule has 0 fully saturated rings. The first kappa shape index (κ1) is 20.1. The molecule has 0 spiro atoms. The van der Waals surface area contributed by atoms with Crippen molar-refractivity contribution in [1.29, 1.82) is 0 Å². The van der Waals surface area contributed by atoms with E-state index in [0.29, 0.717) is 11.5 Å². The summed E-state index contributed by atoms with van der Waals surface area (Å²) >= 11 is 0. The highest BCUT2D eigenvalue weighted by Crippen LogP contribution is 2.38. The quantitative estimate of drug-likeness (QED) is 0.169. The molecule has 5 aromatic carbocycles. The lowest BCUT2D eigenvalue weighted by Gasteiger charge is -2.15. The van der Waals surface area contributed by atoms with E-state index in [9.17, 15) is 4.79 Å². The topological polar surface area (TPSA) is 35.5 Å². The van der Waals surface area contributed by atoms with Gasteiger partial charge >= 0.3 is 6.16 Å². The third-order valence-electron chi connectivity index (χ3n) is 6.00. The third kappa shape index (κ3) is 3.56. The zero-order valence-corrected chi connectivity index (χ0v) is 18.2. The van der Waals surface area contributed by atoms with Crippen LogP contribution in [0.5, 0.6) is 11.5 Å². The summed E-state index contributed by atoms with van der Waals surface area (Å²) in [4.78, 5) is 13.0. The molecule has 0 unspecified atom stereocenters. The number of ether oxygens (including phenoxy) is 2. The number of hydrogen-bond donors (Lipinski definition) is 0. The van der Waals surface area contributed by atoms with Gasteiger partial charge in [-0.2, -0.15) is 0 Å². The second kappa shape index (κ2) is 8.35. The van der Waals surface area contributed by atoms with Gasteiger partial charge in [-0.05, 0) is 58.3 Å². The Morgan fingerprint density at radius 2 is 1.47 bits per heavy atom. The van der Waals surface area contributed by atoms with E-state index in [1.54, 1.807) is 6.07 Å². The number of benzene rings is 5. The van der Waals surface area contributed by atoms with Gasteiger partial charge in [-0.25, -0.2) is 4.79 Å². The van der Waals surface area contributed by atoms with E-state index < -0.39 is 6.16 Å². The van der Waals surface area contributed by atoms with Crippen LogP contribution in [0.2, 0.25) is 0 Å². The Morgan fingerprint density at radius 3 is 2.31 bits per heavy atom. The Bertz CT molecular complexity index is 1460. The van der Waals surface area contributed by atoms with Gasteiger partial charge in [-0.15, -0.1) is 0 Å². The van der Waals surface area contributed by atoms with Gasteiger partial charge in [0.15, 0.2) is 0 Å². The van der Waals surface area contributed by atoms with E-state index in [2.05, 4.69) is 50.2 Å². The van der Waals surface area contributed by atoms with Crippen LogP contribution in [0.4, 0.5) is 4.79 Å². The van der Waals surface area contributed by atoms with Crippen molar-refractivity contribution in [2.24, 2.45) is 0 Å². The van der Waals surface area contributed by atoms with E-state index in [-0.39, 0.29) is 0 Å². The molecule has 0 aliphatic heterocycles. The maximum absolute atomic E-state index is 13.0. The van der Waals surface area contributed by atoms with Crippen molar-refractivity contribution in [3.05, 3.63) is 96.1 Å². The zero-order chi connectivity index (χ0) is 22.1. The fourth-order valence-electron chi connectivity index (χ4n) is 4.34. The molecule has 0 radical (unpaired) electrons. The Morgan fingerprint density at radius 1 is 0.688 bits per heavy atom. The molecule has 0 heterocycles. The SMILES string of the molecule is CCc1ccc2cc3cccc(CC)c3c(OC(=O)Oc3cccc4ccccc34)c2c1. The van der Waals surface area contributed by atoms with E-state index in [4.69, 9.17) is 9.47 Å². The van der Waals surface area contributed by atoms with Crippen LogP contribution in [-0.2, 0) is 12.8 Å². The minimum atomic E-state index is -0.733. The van der Waals surface area contributed by atoms with Gasteiger partial charge in [0, 0.05) is 16.2 Å². The normalized spacial score (nSPS) is 11.2. The molecule has 0 amide bonds. The van der Waals surface area contributed by atoms with Crippen molar-refractivity contribution in [1.82, 2.24) is 0 Å². The number of carbonyl (C=O) groups is 1. The second-order valence-electron chi connectivity index (χ2n) is 7.91. The molecule has 0 aliphatic carbocycles.